The zero-order valence-corrected chi connectivity index (χ0v) is 16.2. The van der Waals surface area contributed by atoms with E-state index in [2.05, 4.69) is 20.4 Å². The number of benzene rings is 2. The van der Waals surface area contributed by atoms with Gasteiger partial charge < -0.3 is 15.0 Å². The molecule has 0 saturated carbocycles. The summed E-state index contributed by atoms with van der Waals surface area (Å²) in [5, 5.41) is 11.2. The van der Waals surface area contributed by atoms with Gasteiger partial charge in [0.1, 0.15) is 5.75 Å². The second kappa shape index (κ2) is 7.94. The summed E-state index contributed by atoms with van der Waals surface area (Å²) in [5.74, 6) is 1.60. The molecule has 0 radical (unpaired) electrons. The van der Waals surface area contributed by atoms with Crippen molar-refractivity contribution in [3.63, 3.8) is 0 Å². The summed E-state index contributed by atoms with van der Waals surface area (Å²) in [7, 11) is 1.65. The van der Waals surface area contributed by atoms with E-state index in [1.807, 2.05) is 30.3 Å². The summed E-state index contributed by atoms with van der Waals surface area (Å²) >= 11 is 5.97. The molecule has 1 aromatic heterocycles. The Bertz CT molecular complexity index is 971. The average molecular weight is 397 g/mol. The number of methoxy groups -OCH3 is 1. The fourth-order valence-corrected chi connectivity index (χ4v) is 3.57. The van der Waals surface area contributed by atoms with Crippen LogP contribution in [0.15, 0.2) is 54.6 Å². The largest absolute Gasteiger partial charge is 0.497 e. The minimum atomic E-state index is -0.102. The number of ether oxygens (including phenoxy) is 1. The summed E-state index contributed by atoms with van der Waals surface area (Å²) < 4.78 is 5.20. The van der Waals surface area contributed by atoms with E-state index >= 15 is 0 Å². The van der Waals surface area contributed by atoms with Gasteiger partial charge in [0.2, 0.25) is 0 Å². The number of hydrogen-bond donors (Lipinski definition) is 2. The molecule has 7 heteroatoms. The van der Waals surface area contributed by atoms with Crippen LogP contribution in [0.3, 0.4) is 0 Å². The molecule has 0 spiro atoms. The lowest BCUT2D eigenvalue weighted by molar-refractivity contribution is 0.0940. The molecule has 6 nitrogen and oxygen atoms in total. The van der Waals surface area contributed by atoms with Crippen molar-refractivity contribution in [3.05, 3.63) is 65.2 Å². The van der Waals surface area contributed by atoms with Crippen LogP contribution < -0.4 is 15.0 Å². The maximum absolute atomic E-state index is 12.4. The van der Waals surface area contributed by atoms with E-state index in [1.165, 1.54) is 0 Å². The Morgan fingerprint density at radius 1 is 1.25 bits per heavy atom. The Labute approximate surface area is 168 Å². The van der Waals surface area contributed by atoms with E-state index < -0.39 is 0 Å². The fourth-order valence-electron chi connectivity index (χ4n) is 3.38. The molecule has 2 N–H and O–H groups in total. The first-order valence-corrected chi connectivity index (χ1v) is 9.51. The number of nitrogens with one attached hydrogen (secondary N) is 2. The summed E-state index contributed by atoms with van der Waals surface area (Å²) in [6.45, 7) is 1.56. The van der Waals surface area contributed by atoms with Gasteiger partial charge in [0, 0.05) is 35.8 Å². The molecule has 1 aliphatic rings. The van der Waals surface area contributed by atoms with Crippen LogP contribution in [0.25, 0.3) is 11.3 Å². The molecule has 1 fully saturated rings. The van der Waals surface area contributed by atoms with Gasteiger partial charge in [-0.25, -0.2) is 0 Å². The Morgan fingerprint density at radius 3 is 2.82 bits per heavy atom. The van der Waals surface area contributed by atoms with Crippen LogP contribution in [0.5, 0.6) is 5.75 Å². The molecule has 1 saturated heterocycles. The molecule has 1 amide bonds. The van der Waals surface area contributed by atoms with E-state index in [4.69, 9.17) is 16.3 Å². The SMILES string of the molecule is COc1ccc(-c2cc(N3CC[C@@H](NC(=O)c4cccc(Cl)c4)C3)n[nH]2)cc1. The Kier molecular flexibility index (Phi) is 5.21. The molecule has 1 aliphatic heterocycles. The molecule has 4 rings (SSSR count). The monoisotopic (exact) mass is 396 g/mol. The number of nitrogens with zero attached hydrogens (tertiary/aromatic N) is 2. The zero-order valence-electron chi connectivity index (χ0n) is 15.5. The molecular formula is C21H21ClN4O2. The van der Waals surface area contributed by atoms with Gasteiger partial charge in [0.05, 0.1) is 12.8 Å². The lowest BCUT2D eigenvalue weighted by Crippen LogP contribution is -2.37. The van der Waals surface area contributed by atoms with Gasteiger partial charge in [-0.05, 0) is 54.4 Å². The first-order chi connectivity index (χ1) is 13.6. The Hall–Kier alpha value is -2.99. The molecule has 0 bridgehead atoms. The number of carbonyl (C=O) groups is 1. The van der Waals surface area contributed by atoms with E-state index in [9.17, 15) is 4.79 Å². The van der Waals surface area contributed by atoms with Crippen molar-refractivity contribution in [2.45, 2.75) is 12.5 Å². The van der Waals surface area contributed by atoms with Gasteiger partial charge in [-0.1, -0.05) is 17.7 Å². The second-order valence-corrected chi connectivity index (χ2v) is 7.22. The van der Waals surface area contributed by atoms with Crippen LogP contribution in [0.1, 0.15) is 16.8 Å². The van der Waals surface area contributed by atoms with Crippen LogP contribution in [-0.2, 0) is 0 Å². The quantitative estimate of drug-likeness (QED) is 0.689. The molecule has 144 valence electrons. The third-order valence-corrected chi connectivity index (χ3v) is 5.13. The number of hydrogen-bond acceptors (Lipinski definition) is 4. The van der Waals surface area contributed by atoms with Gasteiger partial charge in [-0.2, -0.15) is 5.10 Å². The van der Waals surface area contributed by atoms with Crippen molar-refractivity contribution < 1.29 is 9.53 Å². The third kappa shape index (κ3) is 3.97. The third-order valence-electron chi connectivity index (χ3n) is 4.90. The Morgan fingerprint density at radius 2 is 2.07 bits per heavy atom. The number of carbonyl (C=O) groups excluding carboxylic acids is 1. The standard InChI is InChI=1S/C21H21ClN4O2/c1-28-18-7-5-14(6-8-18)19-12-20(25-24-19)26-10-9-17(13-26)23-21(27)15-3-2-4-16(22)11-15/h2-8,11-12,17H,9-10,13H2,1H3,(H,23,27)(H,24,25)/t17-/m1/s1. The predicted molar refractivity (Wildman–Crippen MR) is 110 cm³/mol. The number of aromatic amines is 1. The molecule has 0 unspecified atom stereocenters. The first-order valence-electron chi connectivity index (χ1n) is 9.13. The smallest absolute Gasteiger partial charge is 0.251 e. The van der Waals surface area contributed by atoms with Crippen LogP contribution in [0.4, 0.5) is 5.82 Å². The molecule has 3 aromatic rings. The number of halogens is 1. The molecule has 2 heterocycles. The van der Waals surface area contributed by atoms with Crippen LogP contribution in [-0.4, -0.2) is 42.3 Å². The predicted octanol–water partition coefficient (Wildman–Crippen LogP) is 3.75. The van der Waals surface area contributed by atoms with E-state index in [0.29, 0.717) is 10.6 Å². The van der Waals surface area contributed by atoms with Gasteiger partial charge in [0.25, 0.3) is 5.91 Å². The lowest BCUT2D eigenvalue weighted by atomic mass is 10.1. The van der Waals surface area contributed by atoms with Gasteiger partial charge >= 0.3 is 0 Å². The van der Waals surface area contributed by atoms with Crippen molar-refractivity contribution in [2.75, 3.05) is 25.1 Å². The topological polar surface area (TPSA) is 70.2 Å². The fraction of sp³-hybridized carbons (Fsp3) is 0.238. The second-order valence-electron chi connectivity index (χ2n) is 6.78. The zero-order chi connectivity index (χ0) is 19.5. The average Bonchev–Trinajstić information content (AvgIpc) is 3.37. The molecule has 28 heavy (non-hydrogen) atoms. The highest BCUT2D eigenvalue weighted by Crippen LogP contribution is 2.26. The summed E-state index contributed by atoms with van der Waals surface area (Å²) in [6.07, 6.45) is 0.872. The van der Waals surface area contributed by atoms with E-state index in [-0.39, 0.29) is 11.9 Å². The van der Waals surface area contributed by atoms with Gasteiger partial charge in [0.15, 0.2) is 5.82 Å². The number of rotatable bonds is 5. The summed E-state index contributed by atoms with van der Waals surface area (Å²) in [6, 6.07) is 16.9. The number of H-pyrrole nitrogens is 1. The number of aromatic nitrogens is 2. The highest BCUT2D eigenvalue weighted by atomic mass is 35.5. The minimum absolute atomic E-state index is 0.0765. The molecule has 1 atom stereocenters. The van der Waals surface area contributed by atoms with Gasteiger partial charge in [-0.3, -0.25) is 9.89 Å². The van der Waals surface area contributed by atoms with Crippen LogP contribution in [0, 0.1) is 0 Å². The van der Waals surface area contributed by atoms with Gasteiger partial charge in [-0.15, -0.1) is 0 Å². The number of anilines is 1. The normalized spacial score (nSPS) is 16.2. The van der Waals surface area contributed by atoms with Crippen molar-refractivity contribution in [2.24, 2.45) is 0 Å². The first kappa shape index (κ1) is 18.4. The van der Waals surface area contributed by atoms with Crippen LogP contribution >= 0.6 is 11.6 Å². The molecule has 0 aliphatic carbocycles. The maximum atomic E-state index is 12.4. The van der Waals surface area contributed by atoms with Crippen molar-refractivity contribution >= 4 is 23.3 Å². The van der Waals surface area contributed by atoms with E-state index in [0.717, 1.165) is 42.3 Å². The summed E-state index contributed by atoms with van der Waals surface area (Å²) in [4.78, 5) is 14.6. The molecular weight excluding hydrogens is 376 g/mol. The maximum Gasteiger partial charge on any atom is 0.251 e. The van der Waals surface area contributed by atoms with Crippen LogP contribution in [0.2, 0.25) is 5.02 Å². The summed E-state index contributed by atoms with van der Waals surface area (Å²) in [5.41, 5.74) is 2.57. The van der Waals surface area contributed by atoms with Crippen molar-refractivity contribution in [3.8, 4) is 17.0 Å². The number of amides is 1. The van der Waals surface area contributed by atoms with Crippen molar-refractivity contribution in [1.29, 1.82) is 0 Å². The van der Waals surface area contributed by atoms with E-state index in [1.54, 1.807) is 31.4 Å². The minimum Gasteiger partial charge on any atom is -0.497 e. The van der Waals surface area contributed by atoms with Crippen molar-refractivity contribution in [1.82, 2.24) is 15.5 Å². The highest BCUT2D eigenvalue weighted by molar-refractivity contribution is 6.30. The highest BCUT2D eigenvalue weighted by Gasteiger charge is 2.26. The lowest BCUT2D eigenvalue weighted by Gasteiger charge is -2.16. The Balaban J connectivity index is 1.39. The molecule has 2 aromatic carbocycles.